The summed E-state index contributed by atoms with van der Waals surface area (Å²) >= 11 is 2.65. The molecule has 8 nitrogen and oxygen atoms in total. The smallest absolute Gasteiger partial charge is 0.337 e. The van der Waals surface area contributed by atoms with Gasteiger partial charge in [-0.15, -0.1) is 11.3 Å². The summed E-state index contributed by atoms with van der Waals surface area (Å²) in [6.07, 6.45) is 0. The van der Waals surface area contributed by atoms with E-state index in [0.717, 1.165) is 10.4 Å². The van der Waals surface area contributed by atoms with E-state index in [9.17, 15) is 14.4 Å². The third kappa shape index (κ3) is 5.15. The Hall–Kier alpha value is -2.69. The number of nitrogens with one attached hydrogen (secondary N) is 1. The molecule has 31 heavy (non-hydrogen) atoms. The number of amides is 1. The number of rotatable bonds is 8. The minimum absolute atomic E-state index is 0.0523. The second-order valence-corrected chi connectivity index (χ2v) is 8.86. The average molecular weight is 462 g/mol. The minimum Gasteiger partial charge on any atom is -0.465 e. The van der Waals surface area contributed by atoms with Crippen LogP contribution in [-0.4, -0.2) is 48.0 Å². The van der Waals surface area contributed by atoms with E-state index < -0.39 is 5.97 Å². The molecular formula is C21H23N3O5S2. The molecular weight excluding hydrogens is 438 g/mol. The summed E-state index contributed by atoms with van der Waals surface area (Å²) in [5.74, 6) is -0.707. The van der Waals surface area contributed by atoms with Gasteiger partial charge in [-0.1, -0.05) is 17.8 Å². The number of anilines is 1. The first kappa shape index (κ1) is 23.0. The number of hydrogen-bond donors (Lipinski definition) is 1. The van der Waals surface area contributed by atoms with Crippen LogP contribution in [0.3, 0.4) is 0 Å². The van der Waals surface area contributed by atoms with Gasteiger partial charge >= 0.3 is 5.97 Å². The van der Waals surface area contributed by atoms with E-state index in [-0.39, 0.29) is 17.2 Å². The summed E-state index contributed by atoms with van der Waals surface area (Å²) in [6, 6.07) is 6.50. The van der Waals surface area contributed by atoms with Gasteiger partial charge in [0.15, 0.2) is 5.16 Å². The fourth-order valence-electron chi connectivity index (χ4n) is 2.97. The van der Waals surface area contributed by atoms with Crippen LogP contribution in [0.25, 0.3) is 10.2 Å². The van der Waals surface area contributed by atoms with Crippen molar-refractivity contribution in [2.45, 2.75) is 25.5 Å². The number of thioether (sulfide) groups is 1. The van der Waals surface area contributed by atoms with Crippen molar-refractivity contribution in [3.05, 3.63) is 50.6 Å². The molecule has 2 aromatic heterocycles. The third-order valence-corrected chi connectivity index (χ3v) is 6.75. The molecule has 0 unspecified atom stereocenters. The van der Waals surface area contributed by atoms with E-state index in [1.54, 1.807) is 35.9 Å². The number of esters is 1. The maximum Gasteiger partial charge on any atom is 0.337 e. The molecule has 10 heteroatoms. The van der Waals surface area contributed by atoms with Gasteiger partial charge in [-0.2, -0.15) is 0 Å². The SMILES string of the molecule is COCCn1c(SCC(=O)Nc2cccc(C(=O)OC)c2)nc2sc(C)c(C)c2c1=O. The van der Waals surface area contributed by atoms with Crippen molar-refractivity contribution < 1.29 is 19.1 Å². The molecule has 0 aliphatic rings. The van der Waals surface area contributed by atoms with Crippen LogP contribution in [0.2, 0.25) is 0 Å². The van der Waals surface area contributed by atoms with Gasteiger partial charge in [0.1, 0.15) is 4.83 Å². The molecule has 164 valence electrons. The lowest BCUT2D eigenvalue weighted by Gasteiger charge is -2.12. The highest BCUT2D eigenvalue weighted by molar-refractivity contribution is 7.99. The highest BCUT2D eigenvalue weighted by Crippen LogP contribution is 2.28. The quantitative estimate of drug-likeness (QED) is 0.312. The zero-order chi connectivity index (χ0) is 22.5. The van der Waals surface area contributed by atoms with E-state index in [0.29, 0.717) is 39.8 Å². The van der Waals surface area contributed by atoms with Crippen molar-refractivity contribution in [1.29, 1.82) is 0 Å². The minimum atomic E-state index is -0.480. The van der Waals surface area contributed by atoms with Crippen molar-refractivity contribution >= 4 is 50.9 Å². The summed E-state index contributed by atoms with van der Waals surface area (Å²) in [5.41, 5.74) is 1.64. The maximum absolute atomic E-state index is 13.1. The van der Waals surface area contributed by atoms with Crippen molar-refractivity contribution in [2.24, 2.45) is 0 Å². The van der Waals surface area contributed by atoms with Gasteiger partial charge in [0.05, 0.1) is 37.0 Å². The summed E-state index contributed by atoms with van der Waals surface area (Å²) < 4.78 is 11.4. The predicted octanol–water partition coefficient (Wildman–Crippen LogP) is 3.24. The van der Waals surface area contributed by atoms with Crippen LogP contribution in [0.1, 0.15) is 20.8 Å². The monoisotopic (exact) mass is 461 g/mol. The van der Waals surface area contributed by atoms with Crippen molar-refractivity contribution in [3.8, 4) is 0 Å². The van der Waals surface area contributed by atoms with Gasteiger partial charge in [0, 0.05) is 17.7 Å². The number of nitrogens with zero attached hydrogens (tertiary/aromatic N) is 2. The molecule has 0 bridgehead atoms. The Labute approximate surface area is 187 Å². The zero-order valence-corrected chi connectivity index (χ0v) is 19.3. The first-order chi connectivity index (χ1) is 14.8. The predicted molar refractivity (Wildman–Crippen MR) is 122 cm³/mol. The molecule has 3 aromatic rings. The zero-order valence-electron chi connectivity index (χ0n) is 17.7. The topological polar surface area (TPSA) is 99.5 Å². The van der Waals surface area contributed by atoms with Crippen LogP contribution in [0.5, 0.6) is 0 Å². The molecule has 3 rings (SSSR count). The third-order valence-electron chi connectivity index (χ3n) is 4.67. The molecule has 0 atom stereocenters. The summed E-state index contributed by atoms with van der Waals surface area (Å²) in [5, 5.41) is 3.84. The number of aryl methyl sites for hydroxylation is 2. The molecule has 1 amide bonds. The number of hydrogen-bond acceptors (Lipinski definition) is 8. The van der Waals surface area contributed by atoms with E-state index in [2.05, 4.69) is 10.3 Å². The van der Waals surface area contributed by atoms with Gasteiger partial charge in [-0.05, 0) is 37.6 Å². The fraction of sp³-hybridized carbons (Fsp3) is 0.333. The number of ether oxygens (including phenoxy) is 2. The molecule has 0 radical (unpaired) electrons. The first-order valence-electron chi connectivity index (χ1n) is 9.46. The van der Waals surface area contributed by atoms with Crippen LogP contribution in [0.15, 0.2) is 34.2 Å². The van der Waals surface area contributed by atoms with Crippen LogP contribution in [0.4, 0.5) is 5.69 Å². The Balaban J connectivity index is 1.80. The van der Waals surface area contributed by atoms with E-state index in [1.807, 2.05) is 13.8 Å². The molecule has 1 N–H and O–H groups in total. The standard InChI is InChI=1S/C21H23N3O5S2/c1-12-13(2)31-18-17(12)19(26)24(8-9-28-3)21(23-18)30-11-16(25)22-15-7-5-6-14(10-15)20(27)29-4/h5-7,10H,8-9,11H2,1-4H3,(H,22,25). The lowest BCUT2D eigenvalue weighted by atomic mass is 10.2. The number of aromatic nitrogens is 2. The lowest BCUT2D eigenvalue weighted by Crippen LogP contribution is -2.26. The summed E-state index contributed by atoms with van der Waals surface area (Å²) in [4.78, 5) is 43.6. The second-order valence-electron chi connectivity index (χ2n) is 6.72. The molecule has 0 aliphatic heterocycles. The van der Waals surface area contributed by atoms with Gasteiger partial charge in [0.2, 0.25) is 5.91 Å². The number of benzene rings is 1. The molecule has 2 heterocycles. The molecule has 0 fully saturated rings. The first-order valence-corrected chi connectivity index (χ1v) is 11.3. The molecule has 0 saturated heterocycles. The largest absolute Gasteiger partial charge is 0.465 e. The number of thiophene rings is 1. The van der Waals surface area contributed by atoms with Gasteiger partial charge in [-0.3, -0.25) is 14.2 Å². The number of carbonyl (C=O) groups is 2. The van der Waals surface area contributed by atoms with Crippen molar-refractivity contribution in [2.75, 3.05) is 31.9 Å². The van der Waals surface area contributed by atoms with Crippen LogP contribution >= 0.6 is 23.1 Å². The summed E-state index contributed by atoms with van der Waals surface area (Å²) in [6.45, 7) is 4.58. The van der Waals surface area contributed by atoms with Crippen LogP contribution in [0, 0.1) is 13.8 Å². The Bertz CT molecular complexity index is 1190. The average Bonchev–Trinajstić information content (AvgIpc) is 3.04. The van der Waals surface area contributed by atoms with Gasteiger partial charge in [0.25, 0.3) is 5.56 Å². The highest BCUT2D eigenvalue weighted by Gasteiger charge is 2.18. The molecule has 0 saturated carbocycles. The summed E-state index contributed by atoms with van der Waals surface area (Å²) in [7, 11) is 2.87. The van der Waals surface area contributed by atoms with Crippen LogP contribution < -0.4 is 10.9 Å². The second kappa shape index (κ2) is 10.1. The van der Waals surface area contributed by atoms with Crippen LogP contribution in [-0.2, 0) is 20.8 Å². The maximum atomic E-state index is 13.1. The van der Waals surface area contributed by atoms with Crippen molar-refractivity contribution in [1.82, 2.24) is 9.55 Å². The Morgan fingerprint density at radius 2 is 2.03 bits per heavy atom. The normalized spacial score (nSPS) is 11.0. The highest BCUT2D eigenvalue weighted by atomic mass is 32.2. The lowest BCUT2D eigenvalue weighted by molar-refractivity contribution is -0.113. The Morgan fingerprint density at radius 3 is 2.74 bits per heavy atom. The molecule has 0 spiro atoms. The number of fused-ring (bicyclic) bond motifs is 1. The Morgan fingerprint density at radius 1 is 1.26 bits per heavy atom. The molecule has 1 aromatic carbocycles. The van der Waals surface area contributed by atoms with E-state index >= 15 is 0 Å². The Kier molecular flexibility index (Phi) is 7.47. The fourth-order valence-corrected chi connectivity index (χ4v) is 4.86. The van der Waals surface area contributed by atoms with Gasteiger partial charge < -0.3 is 14.8 Å². The van der Waals surface area contributed by atoms with E-state index in [4.69, 9.17) is 9.47 Å². The molecule has 0 aliphatic carbocycles. The van der Waals surface area contributed by atoms with Gasteiger partial charge in [-0.25, -0.2) is 9.78 Å². The number of methoxy groups -OCH3 is 2. The van der Waals surface area contributed by atoms with E-state index in [1.165, 1.54) is 30.2 Å². The number of carbonyl (C=O) groups excluding carboxylic acids is 2. The van der Waals surface area contributed by atoms with Crippen molar-refractivity contribution in [3.63, 3.8) is 0 Å².